The van der Waals surface area contributed by atoms with Crippen LogP contribution in [0.25, 0.3) is 0 Å². The van der Waals surface area contributed by atoms with Crippen LogP contribution in [0.1, 0.15) is 30.1 Å². The Labute approximate surface area is 108 Å². The number of esters is 1. The van der Waals surface area contributed by atoms with Gasteiger partial charge in [0.2, 0.25) is 0 Å². The zero-order valence-corrected chi connectivity index (χ0v) is 11.4. The van der Waals surface area contributed by atoms with E-state index in [0.29, 0.717) is 17.9 Å². The number of carbonyl (C=O) groups excluding carboxylic acids is 1. The molecule has 0 spiro atoms. The molecule has 0 amide bonds. The van der Waals surface area contributed by atoms with Crippen LogP contribution >= 0.6 is 0 Å². The molecule has 0 fully saturated rings. The van der Waals surface area contributed by atoms with Gasteiger partial charge in [-0.3, -0.25) is 4.99 Å². The van der Waals surface area contributed by atoms with Crippen molar-refractivity contribution in [1.29, 1.82) is 0 Å². The number of anilines is 1. The molecule has 18 heavy (non-hydrogen) atoms. The number of benzene rings is 1. The molecule has 0 saturated heterocycles. The number of ether oxygens (including phenoxy) is 1. The fourth-order valence-corrected chi connectivity index (χ4v) is 1.48. The Bertz CT molecular complexity index is 422. The number of carbonyl (C=O) groups is 1. The van der Waals surface area contributed by atoms with Crippen molar-refractivity contribution in [3.63, 3.8) is 0 Å². The Morgan fingerprint density at radius 2 is 1.89 bits per heavy atom. The Hall–Kier alpha value is -1.84. The van der Waals surface area contributed by atoms with E-state index in [1.54, 1.807) is 19.2 Å². The second-order valence-corrected chi connectivity index (χ2v) is 4.20. The minimum Gasteiger partial charge on any atom is -0.408 e. The summed E-state index contributed by atoms with van der Waals surface area (Å²) in [5.41, 5.74) is 1.59. The predicted octanol–water partition coefficient (Wildman–Crippen LogP) is 2.74. The fraction of sp³-hybridized carbons (Fsp3) is 0.429. The van der Waals surface area contributed by atoms with Crippen LogP contribution in [0.3, 0.4) is 0 Å². The molecule has 0 radical (unpaired) electrons. The molecule has 4 heteroatoms. The van der Waals surface area contributed by atoms with E-state index < -0.39 is 0 Å². The van der Waals surface area contributed by atoms with Gasteiger partial charge in [0, 0.05) is 33.3 Å². The lowest BCUT2D eigenvalue weighted by molar-refractivity contribution is 0.0711. The highest BCUT2D eigenvalue weighted by Gasteiger charge is 2.10. The Kier molecular flexibility index (Phi) is 5.36. The first kappa shape index (κ1) is 14.2. The third kappa shape index (κ3) is 3.87. The highest BCUT2D eigenvalue weighted by atomic mass is 16.5. The number of hydrogen-bond acceptors (Lipinski definition) is 4. The first-order chi connectivity index (χ1) is 8.58. The van der Waals surface area contributed by atoms with Gasteiger partial charge in [0.05, 0.1) is 5.56 Å². The summed E-state index contributed by atoms with van der Waals surface area (Å²) < 4.78 is 5.22. The summed E-state index contributed by atoms with van der Waals surface area (Å²) in [6.45, 7) is 2.02. The molecule has 0 bridgehead atoms. The molecule has 4 nitrogen and oxygen atoms in total. The summed E-state index contributed by atoms with van der Waals surface area (Å²) in [5, 5.41) is 0. The number of rotatable bonds is 4. The van der Waals surface area contributed by atoms with Crippen LogP contribution in [0.15, 0.2) is 29.3 Å². The number of nitrogens with zero attached hydrogens (tertiary/aromatic N) is 2. The largest absolute Gasteiger partial charge is 0.408 e. The summed E-state index contributed by atoms with van der Waals surface area (Å²) in [5.74, 6) is 0.133. The molecule has 0 aromatic heterocycles. The fourth-order valence-electron chi connectivity index (χ4n) is 1.48. The van der Waals surface area contributed by atoms with Crippen LogP contribution in [0.4, 0.5) is 5.69 Å². The van der Waals surface area contributed by atoms with Gasteiger partial charge in [-0.15, -0.1) is 0 Å². The molecule has 98 valence electrons. The van der Waals surface area contributed by atoms with Crippen molar-refractivity contribution in [3.8, 4) is 0 Å². The molecule has 0 N–H and O–H groups in total. The molecular formula is C14H20N2O2. The van der Waals surface area contributed by atoms with E-state index in [0.717, 1.165) is 12.1 Å². The van der Waals surface area contributed by atoms with Crippen molar-refractivity contribution in [3.05, 3.63) is 29.8 Å². The van der Waals surface area contributed by atoms with Gasteiger partial charge in [-0.05, 0) is 30.7 Å². The molecule has 0 atom stereocenters. The zero-order valence-electron chi connectivity index (χ0n) is 11.4. The van der Waals surface area contributed by atoms with Gasteiger partial charge in [0.25, 0.3) is 0 Å². The van der Waals surface area contributed by atoms with Crippen LogP contribution in [0.5, 0.6) is 0 Å². The maximum atomic E-state index is 11.9. The summed E-state index contributed by atoms with van der Waals surface area (Å²) in [4.78, 5) is 17.8. The number of aliphatic imine (C=N–C) groups is 1. The third-order valence-corrected chi connectivity index (χ3v) is 2.54. The van der Waals surface area contributed by atoms with Crippen LogP contribution in [-0.2, 0) is 4.74 Å². The second-order valence-electron chi connectivity index (χ2n) is 4.20. The summed E-state index contributed by atoms with van der Waals surface area (Å²) >= 11 is 0. The first-order valence-electron chi connectivity index (χ1n) is 6.03. The third-order valence-electron chi connectivity index (χ3n) is 2.54. The second kappa shape index (κ2) is 6.79. The monoisotopic (exact) mass is 248 g/mol. The minimum atomic E-state index is -0.352. The molecule has 1 aromatic rings. The maximum Gasteiger partial charge on any atom is 0.344 e. The van der Waals surface area contributed by atoms with Crippen molar-refractivity contribution < 1.29 is 9.53 Å². The average molecular weight is 248 g/mol. The normalized spacial score (nSPS) is 11.2. The smallest absolute Gasteiger partial charge is 0.344 e. The van der Waals surface area contributed by atoms with E-state index >= 15 is 0 Å². The lowest BCUT2D eigenvalue weighted by atomic mass is 10.2. The van der Waals surface area contributed by atoms with Gasteiger partial charge in [-0.2, -0.15) is 0 Å². The van der Waals surface area contributed by atoms with Crippen molar-refractivity contribution in [2.24, 2.45) is 4.99 Å². The highest BCUT2D eigenvalue weighted by molar-refractivity contribution is 5.98. The average Bonchev–Trinajstić information content (AvgIpc) is 2.38. The maximum absolute atomic E-state index is 11.9. The van der Waals surface area contributed by atoms with Crippen molar-refractivity contribution in [2.45, 2.75) is 19.8 Å². The predicted molar refractivity (Wildman–Crippen MR) is 74.5 cm³/mol. The van der Waals surface area contributed by atoms with E-state index in [4.69, 9.17) is 4.74 Å². The van der Waals surface area contributed by atoms with Crippen LogP contribution in [0.2, 0.25) is 0 Å². The van der Waals surface area contributed by atoms with Gasteiger partial charge in [-0.1, -0.05) is 6.92 Å². The molecule has 0 aliphatic heterocycles. The van der Waals surface area contributed by atoms with E-state index in [9.17, 15) is 4.79 Å². The van der Waals surface area contributed by atoms with Gasteiger partial charge >= 0.3 is 5.97 Å². The van der Waals surface area contributed by atoms with Gasteiger partial charge in [0.1, 0.15) is 0 Å². The minimum absolute atomic E-state index is 0.352. The van der Waals surface area contributed by atoms with Crippen LogP contribution in [0, 0.1) is 0 Å². The van der Waals surface area contributed by atoms with Gasteiger partial charge in [-0.25, -0.2) is 4.79 Å². The topological polar surface area (TPSA) is 41.9 Å². The van der Waals surface area contributed by atoms with Crippen molar-refractivity contribution in [1.82, 2.24) is 0 Å². The Morgan fingerprint density at radius 3 is 2.33 bits per heavy atom. The molecule has 0 aliphatic carbocycles. The van der Waals surface area contributed by atoms with Gasteiger partial charge in [0.15, 0.2) is 5.90 Å². The molecule has 1 aromatic carbocycles. The summed E-state index contributed by atoms with van der Waals surface area (Å²) in [6.07, 6.45) is 1.58. The quantitative estimate of drug-likeness (QED) is 0.467. The van der Waals surface area contributed by atoms with Crippen LogP contribution < -0.4 is 4.90 Å². The highest BCUT2D eigenvalue weighted by Crippen LogP contribution is 2.13. The molecule has 0 heterocycles. The van der Waals surface area contributed by atoms with E-state index in [1.807, 2.05) is 38.1 Å². The molecule has 0 aliphatic rings. The summed E-state index contributed by atoms with van der Waals surface area (Å²) in [7, 11) is 5.54. The Balaban J connectivity index is 2.72. The van der Waals surface area contributed by atoms with Crippen molar-refractivity contribution in [2.75, 3.05) is 26.0 Å². The molecule has 0 unspecified atom stereocenters. The van der Waals surface area contributed by atoms with Gasteiger partial charge < -0.3 is 9.64 Å². The molecule has 1 rings (SSSR count). The SMILES string of the molecule is CCC/C(=N\C)OC(=O)c1ccc(N(C)C)cc1. The van der Waals surface area contributed by atoms with E-state index in [1.165, 1.54) is 0 Å². The van der Waals surface area contributed by atoms with E-state index in [-0.39, 0.29) is 5.97 Å². The Morgan fingerprint density at radius 1 is 1.28 bits per heavy atom. The standard InChI is InChI=1S/C14H20N2O2/c1-5-6-13(15-2)18-14(17)11-7-9-12(10-8-11)16(3)4/h7-10H,5-6H2,1-4H3/b15-13+. The lowest BCUT2D eigenvalue weighted by Gasteiger charge is -2.12. The van der Waals surface area contributed by atoms with E-state index in [2.05, 4.69) is 4.99 Å². The summed E-state index contributed by atoms with van der Waals surface area (Å²) in [6, 6.07) is 7.30. The number of hydrogen-bond donors (Lipinski definition) is 0. The lowest BCUT2D eigenvalue weighted by Crippen LogP contribution is -2.13. The molecule has 0 saturated carbocycles. The van der Waals surface area contributed by atoms with Crippen LogP contribution in [-0.4, -0.2) is 33.0 Å². The first-order valence-corrected chi connectivity index (χ1v) is 6.03. The molecular weight excluding hydrogens is 228 g/mol. The van der Waals surface area contributed by atoms with Crippen molar-refractivity contribution >= 4 is 17.6 Å². The zero-order chi connectivity index (χ0) is 13.5.